The third-order valence-corrected chi connectivity index (χ3v) is 2.86. The van der Waals surface area contributed by atoms with Crippen LogP contribution in [0.25, 0.3) is 22.2 Å². The van der Waals surface area contributed by atoms with Gasteiger partial charge in [-0.1, -0.05) is 23.7 Å². The molecule has 3 rings (SSSR count). The van der Waals surface area contributed by atoms with Gasteiger partial charge in [0.25, 0.3) is 0 Å². The number of rotatable bonds is 1. The van der Waals surface area contributed by atoms with Gasteiger partial charge < -0.3 is 0 Å². The predicted octanol–water partition coefficient (Wildman–Crippen LogP) is 3.95. The van der Waals surface area contributed by atoms with Crippen molar-refractivity contribution >= 4 is 22.5 Å². The van der Waals surface area contributed by atoms with Crippen molar-refractivity contribution < 1.29 is 0 Å². The molecule has 0 saturated carbocycles. The van der Waals surface area contributed by atoms with Crippen LogP contribution in [-0.4, -0.2) is 9.97 Å². The van der Waals surface area contributed by atoms with Gasteiger partial charge in [-0.3, -0.25) is 9.97 Å². The van der Waals surface area contributed by atoms with E-state index in [9.17, 15) is 0 Å². The summed E-state index contributed by atoms with van der Waals surface area (Å²) >= 11 is 5.96. The lowest BCUT2D eigenvalue weighted by molar-refractivity contribution is 1.33. The molecule has 0 fully saturated rings. The Morgan fingerprint density at radius 3 is 2.71 bits per heavy atom. The van der Waals surface area contributed by atoms with E-state index in [1.165, 1.54) is 0 Å². The van der Waals surface area contributed by atoms with Gasteiger partial charge in [0.15, 0.2) is 0 Å². The quantitative estimate of drug-likeness (QED) is 0.644. The Bertz CT molecular complexity index is 680. The highest BCUT2D eigenvalue weighted by Crippen LogP contribution is 2.23. The lowest BCUT2D eigenvalue weighted by Crippen LogP contribution is -1.84. The summed E-state index contributed by atoms with van der Waals surface area (Å²) in [6.45, 7) is 0. The van der Waals surface area contributed by atoms with E-state index in [1.807, 2.05) is 30.3 Å². The van der Waals surface area contributed by atoms with E-state index in [0.29, 0.717) is 5.02 Å². The van der Waals surface area contributed by atoms with E-state index in [4.69, 9.17) is 11.6 Å². The van der Waals surface area contributed by atoms with Crippen LogP contribution in [0.2, 0.25) is 5.02 Å². The van der Waals surface area contributed by atoms with Crippen molar-refractivity contribution in [1.29, 1.82) is 0 Å². The number of aromatic nitrogens is 2. The Kier molecular flexibility index (Phi) is 2.50. The van der Waals surface area contributed by atoms with Gasteiger partial charge in [-0.05, 0) is 30.3 Å². The Morgan fingerprint density at radius 1 is 0.882 bits per heavy atom. The summed E-state index contributed by atoms with van der Waals surface area (Å²) in [6, 6.07) is 13.7. The van der Waals surface area contributed by atoms with Crippen LogP contribution in [0, 0.1) is 0 Å². The van der Waals surface area contributed by atoms with Gasteiger partial charge in [0, 0.05) is 28.4 Å². The molecule has 0 radical (unpaired) electrons. The second-order valence-corrected chi connectivity index (χ2v) is 4.21. The maximum atomic E-state index is 5.96. The molecule has 3 aromatic rings. The van der Waals surface area contributed by atoms with Crippen LogP contribution >= 0.6 is 11.6 Å². The fourth-order valence-electron chi connectivity index (χ4n) is 1.80. The van der Waals surface area contributed by atoms with Crippen LogP contribution in [0.3, 0.4) is 0 Å². The average molecular weight is 241 g/mol. The van der Waals surface area contributed by atoms with Gasteiger partial charge in [0.1, 0.15) is 0 Å². The molecule has 1 aromatic carbocycles. The molecule has 0 bridgehead atoms. The molecule has 17 heavy (non-hydrogen) atoms. The Labute approximate surface area is 104 Å². The number of nitrogens with zero attached hydrogens (tertiary/aromatic N) is 2. The highest BCUT2D eigenvalue weighted by atomic mass is 35.5. The molecule has 0 atom stereocenters. The van der Waals surface area contributed by atoms with Crippen molar-refractivity contribution in [3.05, 3.63) is 59.9 Å². The molecule has 2 nitrogen and oxygen atoms in total. The Morgan fingerprint density at radius 2 is 1.82 bits per heavy atom. The zero-order valence-electron chi connectivity index (χ0n) is 8.97. The van der Waals surface area contributed by atoms with E-state index >= 15 is 0 Å². The zero-order chi connectivity index (χ0) is 11.7. The summed E-state index contributed by atoms with van der Waals surface area (Å²) in [5.41, 5.74) is 2.91. The Hall–Kier alpha value is -1.93. The summed E-state index contributed by atoms with van der Waals surface area (Å²) in [7, 11) is 0. The molecule has 3 heteroatoms. The lowest BCUT2D eigenvalue weighted by atomic mass is 10.1. The van der Waals surface area contributed by atoms with Gasteiger partial charge in [-0.15, -0.1) is 0 Å². The van der Waals surface area contributed by atoms with Crippen LogP contribution in [0.5, 0.6) is 0 Å². The van der Waals surface area contributed by atoms with Crippen molar-refractivity contribution in [3.63, 3.8) is 0 Å². The van der Waals surface area contributed by atoms with Gasteiger partial charge in [0.05, 0.1) is 11.2 Å². The van der Waals surface area contributed by atoms with E-state index in [2.05, 4.69) is 16.0 Å². The fraction of sp³-hybridized carbons (Fsp3) is 0. The third kappa shape index (κ3) is 1.99. The SMILES string of the molecule is Clc1ccnc(-c2ccc3ncccc3c2)c1. The molecule has 2 aromatic heterocycles. The normalized spacial score (nSPS) is 10.6. The van der Waals surface area contributed by atoms with E-state index in [-0.39, 0.29) is 0 Å². The molecule has 0 aliphatic carbocycles. The largest absolute Gasteiger partial charge is 0.256 e. The first-order valence-electron chi connectivity index (χ1n) is 5.30. The van der Waals surface area contributed by atoms with Crippen molar-refractivity contribution in [2.45, 2.75) is 0 Å². The molecule has 0 N–H and O–H groups in total. The fourth-order valence-corrected chi connectivity index (χ4v) is 1.96. The van der Waals surface area contributed by atoms with E-state index in [1.54, 1.807) is 18.5 Å². The highest BCUT2D eigenvalue weighted by molar-refractivity contribution is 6.30. The highest BCUT2D eigenvalue weighted by Gasteiger charge is 2.01. The van der Waals surface area contributed by atoms with Crippen molar-refractivity contribution in [2.75, 3.05) is 0 Å². The molecular weight excluding hydrogens is 232 g/mol. The molecule has 0 unspecified atom stereocenters. The minimum atomic E-state index is 0.696. The van der Waals surface area contributed by atoms with Crippen LogP contribution in [-0.2, 0) is 0 Å². The smallest absolute Gasteiger partial charge is 0.0717 e. The monoisotopic (exact) mass is 240 g/mol. The first kappa shape index (κ1) is 10.2. The predicted molar refractivity (Wildman–Crippen MR) is 70.0 cm³/mol. The first-order valence-corrected chi connectivity index (χ1v) is 5.67. The van der Waals surface area contributed by atoms with Gasteiger partial charge >= 0.3 is 0 Å². The minimum absolute atomic E-state index is 0.696. The summed E-state index contributed by atoms with van der Waals surface area (Å²) in [4.78, 5) is 8.60. The van der Waals surface area contributed by atoms with E-state index in [0.717, 1.165) is 22.2 Å². The van der Waals surface area contributed by atoms with Crippen molar-refractivity contribution in [3.8, 4) is 11.3 Å². The molecule has 0 aliphatic rings. The average Bonchev–Trinajstić information content (AvgIpc) is 2.38. The van der Waals surface area contributed by atoms with Crippen LogP contribution in [0.4, 0.5) is 0 Å². The topological polar surface area (TPSA) is 25.8 Å². The van der Waals surface area contributed by atoms with Gasteiger partial charge in [-0.25, -0.2) is 0 Å². The molecular formula is C14H9ClN2. The first-order chi connectivity index (χ1) is 8.33. The zero-order valence-corrected chi connectivity index (χ0v) is 9.72. The summed E-state index contributed by atoms with van der Waals surface area (Å²) < 4.78 is 0. The molecule has 0 saturated heterocycles. The Balaban J connectivity index is 2.18. The summed E-state index contributed by atoms with van der Waals surface area (Å²) in [5.74, 6) is 0. The van der Waals surface area contributed by atoms with Crippen LogP contribution in [0.1, 0.15) is 0 Å². The summed E-state index contributed by atoms with van der Waals surface area (Å²) in [6.07, 6.45) is 3.50. The molecule has 0 aliphatic heterocycles. The number of benzene rings is 1. The maximum Gasteiger partial charge on any atom is 0.0717 e. The van der Waals surface area contributed by atoms with Crippen LogP contribution < -0.4 is 0 Å². The van der Waals surface area contributed by atoms with Crippen molar-refractivity contribution in [2.24, 2.45) is 0 Å². The molecule has 0 spiro atoms. The number of hydrogen-bond acceptors (Lipinski definition) is 2. The standard InChI is InChI=1S/C14H9ClN2/c15-12-5-7-17-14(9-12)11-3-4-13-10(8-11)2-1-6-16-13/h1-9H. The maximum absolute atomic E-state index is 5.96. The molecule has 82 valence electrons. The summed E-state index contributed by atoms with van der Waals surface area (Å²) in [5, 5.41) is 1.80. The van der Waals surface area contributed by atoms with Gasteiger partial charge in [0.2, 0.25) is 0 Å². The number of fused-ring (bicyclic) bond motifs is 1. The third-order valence-electron chi connectivity index (χ3n) is 2.62. The van der Waals surface area contributed by atoms with Gasteiger partial charge in [-0.2, -0.15) is 0 Å². The van der Waals surface area contributed by atoms with E-state index < -0.39 is 0 Å². The second kappa shape index (κ2) is 4.15. The molecule has 2 heterocycles. The number of hydrogen-bond donors (Lipinski definition) is 0. The lowest BCUT2D eigenvalue weighted by Gasteiger charge is -2.03. The van der Waals surface area contributed by atoms with Crippen molar-refractivity contribution in [1.82, 2.24) is 9.97 Å². The minimum Gasteiger partial charge on any atom is -0.256 e. The number of halogens is 1. The second-order valence-electron chi connectivity index (χ2n) is 3.77. The molecule has 0 amide bonds. The van der Waals surface area contributed by atoms with Crippen LogP contribution in [0.15, 0.2) is 54.9 Å². The number of pyridine rings is 2.